The highest BCUT2D eigenvalue weighted by molar-refractivity contribution is 6.29. The zero-order valence-corrected chi connectivity index (χ0v) is 14.9. The molecule has 2 unspecified atom stereocenters. The number of nitrogens with one attached hydrogen (secondary N) is 1. The van der Waals surface area contributed by atoms with Crippen LogP contribution >= 0.6 is 11.6 Å². The molecular formula is C19H25ClN2O2. The lowest BCUT2D eigenvalue weighted by Gasteiger charge is -2.26. The lowest BCUT2D eigenvalue weighted by atomic mass is 9.87. The van der Waals surface area contributed by atoms with E-state index in [9.17, 15) is 5.11 Å². The summed E-state index contributed by atoms with van der Waals surface area (Å²) in [5, 5.41) is 13.6. The second-order valence-corrected chi connectivity index (χ2v) is 7.24. The van der Waals surface area contributed by atoms with Gasteiger partial charge in [-0.1, -0.05) is 23.4 Å². The number of pyridine rings is 1. The maximum Gasteiger partial charge on any atom is 0.131 e. The summed E-state index contributed by atoms with van der Waals surface area (Å²) in [6.45, 7) is 3.74. The predicted octanol–water partition coefficient (Wildman–Crippen LogP) is 3.47. The lowest BCUT2D eigenvalue weighted by Crippen LogP contribution is -2.23. The summed E-state index contributed by atoms with van der Waals surface area (Å²) in [5.74, 6) is 7.45. The molecule has 130 valence electrons. The van der Waals surface area contributed by atoms with Gasteiger partial charge in [-0.15, -0.1) is 0 Å². The van der Waals surface area contributed by atoms with Crippen LogP contribution in [0.2, 0.25) is 5.15 Å². The minimum absolute atomic E-state index is 0.117. The fourth-order valence-electron chi connectivity index (χ4n) is 3.37. The monoisotopic (exact) mass is 348 g/mol. The Balaban J connectivity index is 1.66. The Bertz CT molecular complexity index is 618. The van der Waals surface area contributed by atoms with Crippen molar-refractivity contribution >= 4 is 17.3 Å². The van der Waals surface area contributed by atoms with E-state index in [0.717, 1.165) is 56.5 Å². The molecule has 1 aromatic heterocycles. The van der Waals surface area contributed by atoms with Crippen molar-refractivity contribution < 1.29 is 9.84 Å². The van der Waals surface area contributed by atoms with Crippen LogP contribution in [0.25, 0.3) is 0 Å². The third-order valence-electron chi connectivity index (χ3n) is 5.04. The largest absolute Gasteiger partial charge is 0.393 e. The van der Waals surface area contributed by atoms with Gasteiger partial charge in [-0.05, 0) is 51.0 Å². The summed E-state index contributed by atoms with van der Waals surface area (Å²) in [5.41, 5.74) is 1.83. The molecule has 0 spiro atoms. The van der Waals surface area contributed by atoms with Crippen molar-refractivity contribution in [1.82, 2.24) is 4.98 Å². The molecule has 1 aliphatic carbocycles. The maximum atomic E-state index is 9.61. The van der Waals surface area contributed by atoms with Crippen molar-refractivity contribution in [3.63, 3.8) is 0 Å². The smallest absolute Gasteiger partial charge is 0.131 e. The van der Waals surface area contributed by atoms with Gasteiger partial charge in [0.1, 0.15) is 5.15 Å². The first-order chi connectivity index (χ1) is 11.6. The zero-order valence-electron chi connectivity index (χ0n) is 14.1. The molecule has 2 N–H and O–H groups in total. The Labute approximate surface area is 149 Å². The van der Waals surface area contributed by atoms with Gasteiger partial charge in [-0.2, -0.15) is 0 Å². The molecule has 2 atom stereocenters. The molecule has 0 aromatic carbocycles. The number of anilines is 1. The third-order valence-corrected chi connectivity index (χ3v) is 5.24. The number of rotatable bonds is 3. The SMILES string of the molecule is CC1OCCC1C#Cc1cnc(Cl)cc1NC[C@H]1CC[C@H](O)CC1. The Morgan fingerprint density at radius 3 is 2.83 bits per heavy atom. The molecule has 1 saturated heterocycles. The van der Waals surface area contributed by atoms with Crippen LogP contribution < -0.4 is 5.32 Å². The predicted molar refractivity (Wildman–Crippen MR) is 96.1 cm³/mol. The highest BCUT2D eigenvalue weighted by Crippen LogP contribution is 2.26. The fourth-order valence-corrected chi connectivity index (χ4v) is 3.53. The number of ether oxygens (including phenoxy) is 1. The first-order valence-corrected chi connectivity index (χ1v) is 9.20. The minimum atomic E-state index is -0.117. The maximum absolute atomic E-state index is 9.61. The molecule has 4 nitrogen and oxygen atoms in total. The Kier molecular flexibility index (Phi) is 5.99. The van der Waals surface area contributed by atoms with Gasteiger partial charge in [0.05, 0.1) is 23.5 Å². The topological polar surface area (TPSA) is 54.4 Å². The number of aliphatic hydroxyl groups is 1. The van der Waals surface area contributed by atoms with Crippen LogP contribution in [-0.4, -0.2) is 35.5 Å². The number of halogens is 1. The van der Waals surface area contributed by atoms with Gasteiger partial charge in [-0.3, -0.25) is 0 Å². The Morgan fingerprint density at radius 2 is 2.12 bits per heavy atom. The molecule has 5 heteroatoms. The van der Waals surface area contributed by atoms with Gasteiger partial charge >= 0.3 is 0 Å². The van der Waals surface area contributed by atoms with Crippen molar-refractivity contribution in [2.45, 2.75) is 51.2 Å². The van der Waals surface area contributed by atoms with E-state index in [2.05, 4.69) is 29.1 Å². The van der Waals surface area contributed by atoms with E-state index in [1.165, 1.54) is 0 Å². The van der Waals surface area contributed by atoms with Crippen LogP contribution in [0, 0.1) is 23.7 Å². The van der Waals surface area contributed by atoms with Crippen LogP contribution in [0.5, 0.6) is 0 Å². The Morgan fingerprint density at radius 1 is 1.33 bits per heavy atom. The van der Waals surface area contributed by atoms with E-state index in [0.29, 0.717) is 11.1 Å². The van der Waals surface area contributed by atoms with Gasteiger partial charge < -0.3 is 15.2 Å². The van der Waals surface area contributed by atoms with Crippen molar-refractivity contribution in [2.75, 3.05) is 18.5 Å². The van der Waals surface area contributed by atoms with E-state index in [1.807, 2.05) is 6.07 Å². The standard InChI is InChI=1S/C19H25ClN2O2/c1-13-15(8-9-24-13)4-5-16-12-22-19(20)10-18(16)21-11-14-2-6-17(23)7-3-14/h10,12-15,17,23H,2-3,6-9,11H2,1H3,(H,21,22)/t13?,14-,15?,17-. The molecule has 2 aliphatic rings. The number of hydrogen-bond donors (Lipinski definition) is 2. The molecule has 0 radical (unpaired) electrons. The van der Waals surface area contributed by atoms with Crippen LogP contribution in [0.4, 0.5) is 5.69 Å². The summed E-state index contributed by atoms with van der Waals surface area (Å²) in [7, 11) is 0. The summed E-state index contributed by atoms with van der Waals surface area (Å²) in [4.78, 5) is 4.17. The van der Waals surface area contributed by atoms with E-state index in [1.54, 1.807) is 6.20 Å². The van der Waals surface area contributed by atoms with Crippen molar-refractivity contribution in [3.05, 3.63) is 23.0 Å². The van der Waals surface area contributed by atoms with Crippen LogP contribution in [0.1, 0.15) is 44.6 Å². The van der Waals surface area contributed by atoms with Crippen molar-refractivity contribution in [1.29, 1.82) is 0 Å². The first-order valence-electron chi connectivity index (χ1n) is 8.82. The fraction of sp³-hybridized carbons (Fsp3) is 0.632. The third kappa shape index (κ3) is 4.63. The number of nitrogens with zero attached hydrogens (tertiary/aromatic N) is 1. The second-order valence-electron chi connectivity index (χ2n) is 6.85. The molecule has 0 bridgehead atoms. The normalized spacial score (nSPS) is 29.8. The van der Waals surface area contributed by atoms with Crippen molar-refractivity contribution in [3.8, 4) is 11.8 Å². The van der Waals surface area contributed by atoms with Crippen molar-refractivity contribution in [2.24, 2.45) is 11.8 Å². The van der Waals surface area contributed by atoms with Gasteiger partial charge in [0, 0.05) is 25.3 Å². The lowest BCUT2D eigenvalue weighted by molar-refractivity contribution is 0.111. The van der Waals surface area contributed by atoms with E-state index in [4.69, 9.17) is 16.3 Å². The average molecular weight is 349 g/mol. The molecular weight excluding hydrogens is 324 g/mol. The molecule has 24 heavy (non-hydrogen) atoms. The van der Waals surface area contributed by atoms with Crippen LogP contribution in [0.15, 0.2) is 12.3 Å². The summed E-state index contributed by atoms with van der Waals surface area (Å²) < 4.78 is 5.56. The summed E-state index contributed by atoms with van der Waals surface area (Å²) >= 11 is 6.06. The molecule has 1 saturated carbocycles. The van der Waals surface area contributed by atoms with Gasteiger partial charge in [0.2, 0.25) is 0 Å². The van der Waals surface area contributed by atoms with Gasteiger partial charge in [0.25, 0.3) is 0 Å². The van der Waals surface area contributed by atoms with Gasteiger partial charge in [-0.25, -0.2) is 4.98 Å². The number of aliphatic hydroxyl groups excluding tert-OH is 1. The molecule has 2 heterocycles. The highest BCUT2D eigenvalue weighted by atomic mass is 35.5. The molecule has 1 aliphatic heterocycles. The number of hydrogen-bond acceptors (Lipinski definition) is 4. The minimum Gasteiger partial charge on any atom is -0.393 e. The molecule has 3 rings (SSSR count). The quantitative estimate of drug-likeness (QED) is 0.648. The molecule has 1 aromatic rings. The van der Waals surface area contributed by atoms with E-state index < -0.39 is 0 Å². The second kappa shape index (κ2) is 8.20. The van der Waals surface area contributed by atoms with E-state index >= 15 is 0 Å². The highest BCUT2D eigenvalue weighted by Gasteiger charge is 2.22. The Hall–Kier alpha value is -1.28. The first kappa shape index (κ1) is 17.5. The number of aromatic nitrogens is 1. The average Bonchev–Trinajstić information content (AvgIpc) is 2.98. The molecule has 2 fully saturated rings. The summed E-state index contributed by atoms with van der Waals surface area (Å²) in [6.07, 6.45) is 6.73. The van der Waals surface area contributed by atoms with Crippen LogP contribution in [0.3, 0.4) is 0 Å². The zero-order chi connectivity index (χ0) is 16.9. The van der Waals surface area contributed by atoms with Gasteiger partial charge in [0.15, 0.2) is 0 Å². The van der Waals surface area contributed by atoms with E-state index in [-0.39, 0.29) is 18.1 Å². The summed E-state index contributed by atoms with van der Waals surface area (Å²) in [6, 6.07) is 1.85. The molecule has 0 amide bonds. The van der Waals surface area contributed by atoms with Crippen LogP contribution in [-0.2, 0) is 4.74 Å².